The number of nitrogens with one attached hydrogen (secondary N) is 2. The minimum Gasteiger partial charge on any atom is -0.322 e. The van der Waals surface area contributed by atoms with Gasteiger partial charge in [0.05, 0.1) is 10.8 Å². The summed E-state index contributed by atoms with van der Waals surface area (Å²) in [7, 11) is 0. The second-order valence-corrected chi connectivity index (χ2v) is 13.1. The summed E-state index contributed by atoms with van der Waals surface area (Å²) < 4.78 is 0. The van der Waals surface area contributed by atoms with Crippen LogP contribution in [0.5, 0.6) is 0 Å². The molecule has 0 fully saturated rings. The molecular formula is C35H30N4O2S2. The monoisotopic (exact) mass is 602 g/mol. The highest BCUT2D eigenvalue weighted by molar-refractivity contribution is 8.00. The van der Waals surface area contributed by atoms with E-state index in [0.29, 0.717) is 21.8 Å². The number of amides is 2. The van der Waals surface area contributed by atoms with E-state index in [0.717, 1.165) is 52.2 Å². The van der Waals surface area contributed by atoms with Crippen LogP contribution in [0.2, 0.25) is 0 Å². The van der Waals surface area contributed by atoms with Crippen molar-refractivity contribution in [1.29, 1.82) is 5.26 Å². The van der Waals surface area contributed by atoms with Crippen LogP contribution in [0.4, 0.5) is 10.7 Å². The summed E-state index contributed by atoms with van der Waals surface area (Å²) in [6, 6.07) is 33.8. The molecule has 8 heteroatoms. The van der Waals surface area contributed by atoms with Crippen molar-refractivity contribution >= 4 is 56.4 Å². The van der Waals surface area contributed by atoms with E-state index in [1.54, 1.807) is 0 Å². The molecule has 6 nitrogen and oxygen atoms in total. The zero-order valence-electron chi connectivity index (χ0n) is 23.7. The highest BCUT2D eigenvalue weighted by atomic mass is 32.2. The molecule has 0 radical (unpaired) electrons. The number of thioether (sulfide) groups is 1. The van der Waals surface area contributed by atoms with Crippen LogP contribution in [0, 0.1) is 11.3 Å². The molecule has 214 valence electrons. The van der Waals surface area contributed by atoms with Crippen molar-refractivity contribution in [1.82, 2.24) is 4.90 Å². The first-order valence-electron chi connectivity index (χ1n) is 14.2. The fourth-order valence-electron chi connectivity index (χ4n) is 5.29. The predicted molar refractivity (Wildman–Crippen MR) is 176 cm³/mol. The lowest BCUT2D eigenvalue weighted by Gasteiger charge is -2.26. The third-order valence-electron chi connectivity index (χ3n) is 7.52. The molecule has 0 saturated carbocycles. The van der Waals surface area contributed by atoms with Gasteiger partial charge in [-0.05, 0) is 65.6 Å². The molecule has 1 aliphatic rings. The van der Waals surface area contributed by atoms with E-state index in [4.69, 9.17) is 0 Å². The van der Waals surface area contributed by atoms with E-state index in [-0.39, 0.29) is 11.8 Å². The van der Waals surface area contributed by atoms with Crippen molar-refractivity contribution in [2.75, 3.05) is 17.2 Å². The summed E-state index contributed by atoms with van der Waals surface area (Å²) >= 11 is 2.92. The van der Waals surface area contributed by atoms with Crippen LogP contribution in [0.1, 0.15) is 38.8 Å². The Hall–Kier alpha value is -4.42. The number of nitrogens with zero attached hydrogens (tertiary/aromatic N) is 2. The lowest BCUT2D eigenvalue weighted by Crippen LogP contribution is -2.29. The number of hydrogen-bond donors (Lipinski definition) is 2. The number of rotatable bonds is 8. The van der Waals surface area contributed by atoms with Crippen LogP contribution >= 0.6 is 23.1 Å². The van der Waals surface area contributed by atoms with Gasteiger partial charge in [0.1, 0.15) is 11.1 Å². The fraction of sp³-hybridized carbons (Fsp3) is 0.171. The Labute approximate surface area is 259 Å². The summed E-state index contributed by atoms with van der Waals surface area (Å²) in [5, 5.41) is 18.3. The molecular weight excluding hydrogens is 573 g/mol. The van der Waals surface area contributed by atoms with Gasteiger partial charge in [0.2, 0.25) is 5.91 Å². The van der Waals surface area contributed by atoms with Crippen LogP contribution < -0.4 is 10.6 Å². The third kappa shape index (κ3) is 6.65. The quantitative estimate of drug-likeness (QED) is 0.178. The molecule has 0 spiro atoms. The van der Waals surface area contributed by atoms with Crippen molar-refractivity contribution in [2.45, 2.75) is 36.6 Å². The number of thiophene rings is 1. The van der Waals surface area contributed by atoms with E-state index < -0.39 is 5.25 Å². The smallest absolute Gasteiger partial charge is 0.255 e. The summed E-state index contributed by atoms with van der Waals surface area (Å²) in [6.07, 6.45) is 0.791. The standard InChI is InChI=1S/C35H30N4O2S2/c1-23(42-29-13-7-12-28(19-29)37-34(41)27-15-14-25-10-5-6-11-26(25)18-27)33(40)38-35-31(20-36)30-16-17-39(22-32(30)43-35)21-24-8-3-2-4-9-24/h2-15,18-19,23H,16-17,21-22H2,1H3,(H,37,41)(H,38,40). The summed E-state index contributed by atoms with van der Waals surface area (Å²) in [6.45, 7) is 4.35. The number of nitriles is 1. The minimum atomic E-state index is -0.410. The average Bonchev–Trinajstić information content (AvgIpc) is 3.37. The topological polar surface area (TPSA) is 85.2 Å². The SMILES string of the molecule is CC(Sc1cccc(NC(=O)c2ccc3ccccc3c2)c1)C(=O)Nc1sc2c(c1C#N)CCN(Cc1ccccc1)C2. The van der Waals surface area contributed by atoms with E-state index in [2.05, 4.69) is 45.9 Å². The number of fused-ring (bicyclic) bond motifs is 2. The molecule has 0 bridgehead atoms. The van der Waals surface area contributed by atoms with Gasteiger partial charge in [-0.3, -0.25) is 14.5 Å². The van der Waals surface area contributed by atoms with Crippen molar-refractivity contribution in [3.63, 3.8) is 0 Å². The van der Waals surface area contributed by atoms with Gasteiger partial charge in [-0.25, -0.2) is 0 Å². The predicted octanol–water partition coefficient (Wildman–Crippen LogP) is 7.70. The van der Waals surface area contributed by atoms with Gasteiger partial charge in [0, 0.05) is 40.7 Å². The highest BCUT2D eigenvalue weighted by Gasteiger charge is 2.26. The van der Waals surface area contributed by atoms with Gasteiger partial charge in [0.15, 0.2) is 0 Å². The van der Waals surface area contributed by atoms with Crippen molar-refractivity contribution in [3.8, 4) is 6.07 Å². The van der Waals surface area contributed by atoms with Crippen LogP contribution in [-0.2, 0) is 24.3 Å². The van der Waals surface area contributed by atoms with Gasteiger partial charge in [-0.2, -0.15) is 5.26 Å². The Morgan fingerprint density at radius 2 is 1.74 bits per heavy atom. The van der Waals surface area contributed by atoms with Gasteiger partial charge in [-0.15, -0.1) is 23.1 Å². The summed E-state index contributed by atoms with van der Waals surface area (Å²) in [5.74, 6) is -0.349. The summed E-state index contributed by atoms with van der Waals surface area (Å²) in [5.41, 5.74) is 4.15. The Kier molecular flexibility index (Phi) is 8.57. The Morgan fingerprint density at radius 3 is 2.56 bits per heavy atom. The Balaban J connectivity index is 1.09. The van der Waals surface area contributed by atoms with E-state index in [1.807, 2.05) is 79.7 Å². The summed E-state index contributed by atoms with van der Waals surface area (Å²) in [4.78, 5) is 30.6. The second kappa shape index (κ2) is 12.8. The van der Waals surface area contributed by atoms with E-state index in [9.17, 15) is 14.9 Å². The van der Waals surface area contributed by atoms with Crippen molar-refractivity contribution < 1.29 is 9.59 Å². The molecule has 1 unspecified atom stereocenters. The maximum atomic E-state index is 13.2. The molecule has 0 aliphatic carbocycles. The van der Waals surface area contributed by atoms with Gasteiger partial charge in [0.25, 0.3) is 5.91 Å². The first kappa shape index (κ1) is 28.7. The first-order chi connectivity index (χ1) is 21.0. The number of carbonyl (C=O) groups excluding carboxylic acids is 2. The molecule has 6 rings (SSSR count). The highest BCUT2D eigenvalue weighted by Crippen LogP contribution is 2.37. The largest absolute Gasteiger partial charge is 0.322 e. The molecule has 2 N–H and O–H groups in total. The van der Waals surface area contributed by atoms with E-state index >= 15 is 0 Å². The molecule has 0 saturated heterocycles. The number of benzene rings is 4. The van der Waals surface area contributed by atoms with Gasteiger partial charge >= 0.3 is 0 Å². The molecule has 5 aromatic rings. The van der Waals surface area contributed by atoms with Crippen molar-refractivity contribution in [2.24, 2.45) is 0 Å². The van der Waals surface area contributed by atoms with Crippen LogP contribution in [-0.4, -0.2) is 28.5 Å². The molecule has 2 amide bonds. The maximum Gasteiger partial charge on any atom is 0.255 e. The van der Waals surface area contributed by atoms with Gasteiger partial charge < -0.3 is 10.6 Å². The van der Waals surface area contributed by atoms with E-state index in [1.165, 1.54) is 28.7 Å². The molecule has 43 heavy (non-hydrogen) atoms. The average molecular weight is 603 g/mol. The van der Waals surface area contributed by atoms with Crippen LogP contribution in [0.3, 0.4) is 0 Å². The maximum absolute atomic E-state index is 13.2. The first-order valence-corrected chi connectivity index (χ1v) is 15.8. The normalized spacial score (nSPS) is 13.6. The zero-order chi connectivity index (χ0) is 29.8. The lowest BCUT2D eigenvalue weighted by molar-refractivity contribution is -0.115. The fourth-order valence-corrected chi connectivity index (χ4v) is 7.46. The van der Waals surface area contributed by atoms with Crippen LogP contribution in [0.25, 0.3) is 10.8 Å². The number of carbonyl (C=O) groups is 2. The third-order valence-corrected chi connectivity index (χ3v) is 9.75. The van der Waals surface area contributed by atoms with Gasteiger partial charge in [-0.1, -0.05) is 66.7 Å². The number of anilines is 2. The molecule has 4 aromatic carbocycles. The lowest BCUT2D eigenvalue weighted by atomic mass is 10.0. The molecule has 1 aliphatic heterocycles. The second-order valence-electron chi connectivity index (χ2n) is 10.6. The van der Waals surface area contributed by atoms with Crippen molar-refractivity contribution in [3.05, 3.63) is 124 Å². The molecule has 2 heterocycles. The number of hydrogen-bond acceptors (Lipinski definition) is 6. The van der Waals surface area contributed by atoms with Crippen LogP contribution in [0.15, 0.2) is 102 Å². The zero-order valence-corrected chi connectivity index (χ0v) is 25.3. The minimum absolute atomic E-state index is 0.160. The molecule has 1 atom stereocenters. The Bertz CT molecular complexity index is 1840. The Morgan fingerprint density at radius 1 is 0.953 bits per heavy atom. The molecule has 1 aromatic heterocycles.